The molecule has 5 nitrogen and oxygen atoms in total. The van der Waals surface area contributed by atoms with Crippen LogP contribution in [0.15, 0.2) is 5.38 Å². The van der Waals surface area contributed by atoms with Crippen LogP contribution in [0.4, 0.5) is 0 Å². The molecule has 120 valence electrons. The molecule has 3 atom stereocenters. The Morgan fingerprint density at radius 1 is 1.36 bits per heavy atom. The summed E-state index contributed by atoms with van der Waals surface area (Å²) in [6, 6.07) is 0. The molecule has 1 aromatic rings. The van der Waals surface area contributed by atoms with Gasteiger partial charge in [0.05, 0.1) is 10.7 Å². The van der Waals surface area contributed by atoms with Crippen molar-refractivity contribution in [3.05, 3.63) is 16.1 Å². The number of aromatic nitrogens is 1. The van der Waals surface area contributed by atoms with Crippen molar-refractivity contribution in [1.82, 2.24) is 14.8 Å². The monoisotopic (exact) mass is 321 g/mol. The van der Waals surface area contributed by atoms with Crippen molar-refractivity contribution in [1.29, 1.82) is 0 Å². The van der Waals surface area contributed by atoms with Crippen molar-refractivity contribution in [3.8, 4) is 0 Å². The van der Waals surface area contributed by atoms with E-state index in [-0.39, 0.29) is 12.0 Å². The fourth-order valence-electron chi connectivity index (χ4n) is 4.09. The Bertz CT molecular complexity index is 541. The Morgan fingerprint density at radius 2 is 2.14 bits per heavy atom. The topological polar surface area (TPSA) is 45.7 Å². The molecule has 0 spiro atoms. The largest absolute Gasteiger partial charge is 0.368 e. The lowest BCUT2D eigenvalue weighted by atomic mass is 10.0. The van der Waals surface area contributed by atoms with Crippen molar-refractivity contribution in [2.24, 2.45) is 11.8 Å². The predicted octanol–water partition coefficient (Wildman–Crippen LogP) is 1.52. The Labute approximate surface area is 135 Å². The van der Waals surface area contributed by atoms with E-state index >= 15 is 0 Å². The maximum absolute atomic E-state index is 12.4. The number of rotatable bonds is 3. The first-order valence-electron chi connectivity index (χ1n) is 8.23. The van der Waals surface area contributed by atoms with Crippen LogP contribution in [-0.4, -0.2) is 59.6 Å². The van der Waals surface area contributed by atoms with Crippen LogP contribution < -0.4 is 0 Å². The third kappa shape index (κ3) is 2.79. The summed E-state index contributed by atoms with van der Waals surface area (Å²) in [5, 5.41) is 3.30. The van der Waals surface area contributed by atoms with Gasteiger partial charge in [0.2, 0.25) is 0 Å². The van der Waals surface area contributed by atoms with Crippen LogP contribution in [0.5, 0.6) is 0 Å². The van der Waals surface area contributed by atoms with Crippen LogP contribution in [0.25, 0.3) is 0 Å². The molecule has 3 fully saturated rings. The van der Waals surface area contributed by atoms with E-state index in [0.29, 0.717) is 11.8 Å². The van der Waals surface area contributed by atoms with E-state index in [4.69, 9.17) is 4.74 Å². The van der Waals surface area contributed by atoms with Gasteiger partial charge in [0.25, 0.3) is 5.91 Å². The number of fused-ring (bicyclic) bond motifs is 1. The average Bonchev–Trinajstić information content (AvgIpc) is 3.21. The summed E-state index contributed by atoms with van der Waals surface area (Å²) in [5.74, 6) is 1.49. The van der Waals surface area contributed by atoms with Crippen molar-refractivity contribution in [2.75, 3.05) is 32.8 Å². The molecule has 4 heterocycles. The van der Waals surface area contributed by atoms with Crippen LogP contribution in [0.3, 0.4) is 0 Å². The van der Waals surface area contributed by atoms with E-state index in [9.17, 15) is 4.79 Å². The lowest BCUT2D eigenvalue weighted by Gasteiger charge is -2.23. The quantitative estimate of drug-likeness (QED) is 0.847. The number of aryl methyl sites for hydroxylation is 1. The van der Waals surface area contributed by atoms with Crippen molar-refractivity contribution < 1.29 is 9.53 Å². The molecule has 0 bridgehead atoms. The minimum absolute atomic E-state index is 0.159. The molecular formula is C16H23N3O2S. The van der Waals surface area contributed by atoms with Crippen LogP contribution >= 0.6 is 11.3 Å². The number of nitrogens with zero attached hydrogens (tertiary/aromatic N) is 3. The molecule has 3 aliphatic rings. The highest BCUT2D eigenvalue weighted by Gasteiger charge is 2.43. The Morgan fingerprint density at radius 3 is 2.73 bits per heavy atom. The van der Waals surface area contributed by atoms with Crippen LogP contribution in [0.1, 0.15) is 23.5 Å². The normalized spacial score (nSPS) is 31.9. The first-order valence-corrected chi connectivity index (χ1v) is 9.11. The summed E-state index contributed by atoms with van der Waals surface area (Å²) in [7, 11) is 0. The second-order valence-corrected chi connectivity index (χ2v) is 7.88. The van der Waals surface area contributed by atoms with Crippen molar-refractivity contribution >= 4 is 17.2 Å². The van der Waals surface area contributed by atoms with Gasteiger partial charge in [-0.1, -0.05) is 0 Å². The molecule has 0 aromatic carbocycles. The van der Waals surface area contributed by atoms with Gasteiger partial charge >= 0.3 is 0 Å². The summed E-state index contributed by atoms with van der Waals surface area (Å²) in [5.41, 5.74) is 1.19. The molecule has 0 N–H and O–H groups in total. The van der Waals surface area contributed by atoms with E-state index in [1.807, 2.05) is 0 Å². The molecule has 0 aliphatic carbocycles. The number of hydrogen-bond acceptors (Lipinski definition) is 5. The van der Waals surface area contributed by atoms with Crippen molar-refractivity contribution in [3.63, 3.8) is 0 Å². The van der Waals surface area contributed by atoms with Crippen LogP contribution in [-0.2, 0) is 16.1 Å². The predicted molar refractivity (Wildman–Crippen MR) is 84.7 cm³/mol. The van der Waals surface area contributed by atoms with Crippen LogP contribution in [0, 0.1) is 18.8 Å². The number of ether oxygens (including phenoxy) is 1. The van der Waals surface area contributed by atoms with E-state index in [2.05, 4.69) is 27.1 Å². The molecule has 0 radical (unpaired) electrons. The Balaban J connectivity index is 1.31. The molecule has 4 rings (SSSR count). The lowest BCUT2D eigenvalue weighted by molar-refractivity contribution is -0.140. The number of hydrogen-bond donors (Lipinski definition) is 0. The van der Waals surface area contributed by atoms with Crippen molar-refractivity contribution in [2.45, 2.75) is 32.4 Å². The molecule has 1 amide bonds. The van der Waals surface area contributed by atoms with Gasteiger partial charge in [-0.2, -0.15) is 0 Å². The van der Waals surface area contributed by atoms with Gasteiger partial charge in [-0.15, -0.1) is 11.3 Å². The summed E-state index contributed by atoms with van der Waals surface area (Å²) >= 11 is 1.72. The first kappa shape index (κ1) is 14.6. The SMILES string of the molecule is Cc1nc(CN2C[C@@H]3CN(C(=O)[C@@H]4CCCO4)C[C@@H]3C2)cs1. The van der Waals surface area contributed by atoms with Gasteiger partial charge < -0.3 is 9.64 Å². The zero-order valence-electron chi connectivity index (χ0n) is 13.0. The second kappa shape index (κ2) is 5.91. The molecule has 22 heavy (non-hydrogen) atoms. The zero-order chi connectivity index (χ0) is 15.1. The number of amides is 1. The third-order valence-electron chi connectivity index (χ3n) is 5.13. The summed E-state index contributed by atoms with van der Waals surface area (Å²) in [6.45, 7) is 7.77. The number of carbonyl (C=O) groups excluding carboxylic acids is 1. The first-order chi connectivity index (χ1) is 10.7. The molecular weight excluding hydrogens is 298 g/mol. The highest BCUT2D eigenvalue weighted by molar-refractivity contribution is 7.09. The summed E-state index contributed by atoms with van der Waals surface area (Å²) in [6.07, 6.45) is 1.77. The van der Waals surface area contributed by atoms with Gasteiger partial charge in [-0.05, 0) is 31.6 Å². The van der Waals surface area contributed by atoms with Gasteiger partial charge in [-0.25, -0.2) is 4.98 Å². The minimum Gasteiger partial charge on any atom is -0.368 e. The van der Waals surface area contributed by atoms with Crippen LogP contribution in [0.2, 0.25) is 0 Å². The smallest absolute Gasteiger partial charge is 0.251 e. The van der Waals surface area contributed by atoms with E-state index in [0.717, 1.165) is 57.2 Å². The van der Waals surface area contributed by atoms with Gasteiger partial charge in [0.15, 0.2) is 0 Å². The average molecular weight is 321 g/mol. The third-order valence-corrected chi connectivity index (χ3v) is 5.95. The minimum atomic E-state index is -0.159. The maximum atomic E-state index is 12.4. The highest BCUT2D eigenvalue weighted by Crippen LogP contribution is 2.33. The van der Waals surface area contributed by atoms with Gasteiger partial charge in [0.1, 0.15) is 6.10 Å². The van der Waals surface area contributed by atoms with Gasteiger partial charge in [0, 0.05) is 44.7 Å². The fraction of sp³-hybridized carbons (Fsp3) is 0.750. The van der Waals surface area contributed by atoms with E-state index < -0.39 is 0 Å². The summed E-state index contributed by atoms with van der Waals surface area (Å²) < 4.78 is 5.54. The zero-order valence-corrected chi connectivity index (χ0v) is 13.8. The van der Waals surface area contributed by atoms with Gasteiger partial charge in [-0.3, -0.25) is 9.69 Å². The standard InChI is InChI=1S/C16H23N3O2S/c1-11-17-14(10-22-11)9-18-5-12-7-19(8-13(12)6-18)16(20)15-3-2-4-21-15/h10,12-13,15H,2-9H2,1H3/t12-,13+,15-/m0/s1. The van der Waals surface area contributed by atoms with E-state index in [1.54, 1.807) is 11.3 Å². The maximum Gasteiger partial charge on any atom is 0.251 e. The number of thiazole rings is 1. The van der Waals surface area contributed by atoms with E-state index in [1.165, 1.54) is 5.69 Å². The molecule has 3 aliphatic heterocycles. The molecule has 1 aromatic heterocycles. The Hall–Kier alpha value is -0.980. The lowest BCUT2D eigenvalue weighted by Crippen LogP contribution is -2.39. The Kier molecular flexibility index (Phi) is 3.92. The molecule has 6 heteroatoms. The molecule has 3 saturated heterocycles. The molecule has 0 saturated carbocycles. The highest BCUT2D eigenvalue weighted by atomic mass is 32.1. The second-order valence-electron chi connectivity index (χ2n) is 6.82. The molecule has 0 unspecified atom stereocenters. The summed E-state index contributed by atoms with van der Waals surface area (Å²) in [4.78, 5) is 21.5. The fourth-order valence-corrected chi connectivity index (χ4v) is 4.69. The number of likely N-dealkylation sites (tertiary alicyclic amines) is 2. The number of carbonyl (C=O) groups is 1.